The zero-order valence-electron chi connectivity index (χ0n) is 15.2. The molecule has 25 heavy (non-hydrogen) atoms. The quantitative estimate of drug-likeness (QED) is 0.867. The highest BCUT2D eigenvalue weighted by molar-refractivity contribution is 5.84. The van der Waals surface area contributed by atoms with E-state index in [4.69, 9.17) is 0 Å². The van der Waals surface area contributed by atoms with E-state index in [9.17, 15) is 4.79 Å². The second kappa shape index (κ2) is 7.55. The minimum absolute atomic E-state index is 0.267. The summed E-state index contributed by atoms with van der Waals surface area (Å²) in [7, 11) is 1.87. The molecule has 2 aliphatic heterocycles. The van der Waals surface area contributed by atoms with Gasteiger partial charge in [0.1, 0.15) is 5.82 Å². The van der Waals surface area contributed by atoms with Gasteiger partial charge in [-0.15, -0.1) is 0 Å². The summed E-state index contributed by atoms with van der Waals surface area (Å²) < 4.78 is 0. The lowest BCUT2D eigenvalue weighted by atomic mass is 9.93. The van der Waals surface area contributed by atoms with E-state index in [-0.39, 0.29) is 5.91 Å². The molecule has 1 fully saturated rings. The second-order valence-corrected chi connectivity index (χ2v) is 6.63. The number of dihydropyridines is 1. The summed E-state index contributed by atoms with van der Waals surface area (Å²) >= 11 is 0. The van der Waals surface area contributed by atoms with E-state index in [0.29, 0.717) is 13.0 Å². The maximum atomic E-state index is 11.9. The maximum Gasteiger partial charge on any atom is 0.222 e. The number of allylic oxidation sites excluding steroid dienone is 4. The second-order valence-electron chi connectivity index (χ2n) is 6.63. The number of amides is 1. The number of nitrogens with zero attached hydrogens (tertiary/aromatic N) is 2. The average Bonchev–Trinajstić information content (AvgIpc) is 3.01. The molecule has 1 amide bonds. The number of nitrogens with one attached hydrogen (secondary N) is 2. The van der Waals surface area contributed by atoms with E-state index < -0.39 is 0 Å². The van der Waals surface area contributed by atoms with E-state index in [2.05, 4.69) is 47.7 Å². The number of carbonyl (C=O) groups excluding carboxylic acids is 1. The van der Waals surface area contributed by atoms with E-state index in [1.165, 1.54) is 16.7 Å². The van der Waals surface area contributed by atoms with Gasteiger partial charge in [-0.25, -0.2) is 4.98 Å². The largest absolute Gasteiger partial charge is 0.385 e. The van der Waals surface area contributed by atoms with Gasteiger partial charge in [0.25, 0.3) is 0 Å². The third kappa shape index (κ3) is 3.92. The van der Waals surface area contributed by atoms with Gasteiger partial charge >= 0.3 is 0 Å². The summed E-state index contributed by atoms with van der Waals surface area (Å²) in [6.07, 6.45) is 7.97. The van der Waals surface area contributed by atoms with Crippen molar-refractivity contribution < 1.29 is 4.79 Å². The van der Waals surface area contributed by atoms with E-state index >= 15 is 0 Å². The van der Waals surface area contributed by atoms with Crippen molar-refractivity contribution in [3.8, 4) is 0 Å². The Morgan fingerprint density at radius 1 is 1.44 bits per heavy atom. The number of hydrogen-bond donors (Lipinski definition) is 2. The van der Waals surface area contributed by atoms with Crippen LogP contribution in [-0.2, 0) is 4.79 Å². The van der Waals surface area contributed by atoms with Crippen molar-refractivity contribution in [2.24, 2.45) is 0 Å². The van der Waals surface area contributed by atoms with E-state index in [0.717, 1.165) is 36.6 Å². The van der Waals surface area contributed by atoms with Crippen LogP contribution in [0.3, 0.4) is 0 Å². The number of anilines is 1. The molecule has 5 heteroatoms. The summed E-state index contributed by atoms with van der Waals surface area (Å²) in [4.78, 5) is 18.2. The Kier molecular flexibility index (Phi) is 5.22. The monoisotopic (exact) mass is 338 g/mol. The fraction of sp³-hybridized carbons (Fsp3) is 0.400. The van der Waals surface area contributed by atoms with E-state index in [1.807, 2.05) is 24.2 Å². The normalized spacial score (nSPS) is 18.4. The molecule has 2 aliphatic rings. The van der Waals surface area contributed by atoms with Crippen LogP contribution in [0.1, 0.15) is 32.3 Å². The highest BCUT2D eigenvalue weighted by Gasteiger charge is 2.20. The Bertz CT molecular complexity index is 743. The van der Waals surface area contributed by atoms with Crippen LogP contribution in [0.5, 0.6) is 0 Å². The Hall–Kier alpha value is -2.56. The Labute approximate surface area is 149 Å². The molecule has 3 rings (SSSR count). The number of carbonyl (C=O) groups is 1. The molecule has 0 spiro atoms. The number of hydrogen-bond acceptors (Lipinski definition) is 4. The lowest BCUT2D eigenvalue weighted by Gasteiger charge is -2.22. The molecule has 5 nitrogen and oxygen atoms in total. The zero-order valence-corrected chi connectivity index (χ0v) is 15.2. The van der Waals surface area contributed by atoms with Crippen LogP contribution in [0, 0.1) is 0 Å². The van der Waals surface area contributed by atoms with Gasteiger partial charge in [0, 0.05) is 56.1 Å². The summed E-state index contributed by atoms with van der Waals surface area (Å²) in [6.45, 7) is 6.59. The van der Waals surface area contributed by atoms with Gasteiger partial charge in [-0.2, -0.15) is 0 Å². The van der Waals surface area contributed by atoms with Crippen LogP contribution < -0.4 is 10.6 Å². The van der Waals surface area contributed by atoms with Gasteiger partial charge in [0.05, 0.1) is 0 Å². The molecule has 0 radical (unpaired) electrons. The first-order valence-corrected chi connectivity index (χ1v) is 8.83. The van der Waals surface area contributed by atoms with Gasteiger partial charge in [0.15, 0.2) is 0 Å². The SMILES string of the molecule is CNc1ccc(C2=CCNC(C)=C2/C=C(\C)CN2CCCC2=O)cn1. The van der Waals surface area contributed by atoms with Crippen LogP contribution >= 0.6 is 0 Å². The summed E-state index contributed by atoms with van der Waals surface area (Å²) in [6, 6.07) is 4.08. The fourth-order valence-corrected chi connectivity index (χ4v) is 3.34. The fourth-order valence-electron chi connectivity index (χ4n) is 3.34. The summed E-state index contributed by atoms with van der Waals surface area (Å²) in [5.41, 5.74) is 5.82. The molecule has 0 saturated carbocycles. The number of likely N-dealkylation sites (tertiary alicyclic amines) is 1. The van der Waals surface area contributed by atoms with Crippen molar-refractivity contribution in [2.75, 3.05) is 32.0 Å². The predicted octanol–water partition coefficient (Wildman–Crippen LogP) is 2.95. The molecule has 0 aromatic carbocycles. The number of pyridine rings is 1. The molecule has 2 N–H and O–H groups in total. The van der Waals surface area contributed by atoms with Crippen LogP contribution in [0.4, 0.5) is 5.82 Å². The van der Waals surface area contributed by atoms with Crippen molar-refractivity contribution in [2.45, 2.75) is 26.7 Å². The van der Waals surface area contributed by atoms with Gasteiger partial charge in [-0.1, -0.05) is 17.7 Å². The summed E-state index contributed by atoms with van der Waals surface area (Å²) in [5.74, 6) is 1.13. The Morgan fingerprint density at radius 2 is 2.28 bits per heavy atom. The highest BCUT2D eigenvalue weighted by atomic mass is 16.2. The molecular formula is C20H26N4O. The topological polar surface area (TPSA) is 57.3 Å². The maximum absolute atomic E-state index is 11.9. The van der Waals surface area contributed by atoms with Crippen LogP contribution in [0.2, 0.25) is 0 Å². The number of aromatic nitrogens is 1. The molecule has 0 aliphatic carbocycles. The third-order valence-electron chi connectivity index (χ3n) is 4.70. The minimum Gasteiger partial charge on any atom is -0.385 e. The smallest absolute Gasteiger partial charge is 0.222 e. The van der Waals surface area contributed by atoms with Crippen LogP contribution in [0.15, 0.2) is 47.3 Å². The lowest BCUT2D eigenvalue weighted by molar-refractivity contribution is -0.127. The number of rotatable bonds is 5. The first-order chi connectivity index (χ1) is 12.1. The molecule has 0 bridgehead atoms. The predicted molar refractivity (Wildman–Crippen MR) is 102 cm³/mol. The molecular weight excluding hydrogens is 312 g/mol. The van der Waals surface area contributed by atoms with Crippen molar-refractivity contribution in [3.05, 3.63) is 52.9 Å². The molecule has 1 aromatic heterocycles. The highest BCUT2D eigenvalue weighted by Crippen LogP contribution is 2.29. The first kappa shape index (κ1) is 17.3. The molecule has 132 valence electrons. The molecule has 1 aromatic rings. The van der Waals surface area contributed by atoms with Crippen molar-refractivity contribution in [1.82, 2.24) is 15.2 Å². The van der Waals surface area contributed by atoms with Crippen molar-refractivity contribution >= 4 is 17.3 Å². The first-order valence-electron chi connectivity index (χ1n) is 8.83. The third-order valence-corrected chi connectivity index (χ3v) is 4.70. The molecule has 0 unspecified atom stereocenters. The van der Waals surface area contributed by atoms with Crippen molar-refractivity contribution in [1.29, 1.82) is 0 Å². The zero-order chi connectivity index (χ0) is 17.8. The standard InChI is InChI=1S/C20H26N4O/c1-14(13-24-10-4-5-20(24)25)11-18-15(2)22-9-8-17(18)16-6-7-19(21-3)23-12-16/h6-8,11-12,22H,4-5,9-10,13H2,1-3H3,(H,21,23)/b14-11+. The van der Waals surface area contributed by atoms with Gasteiger partial charge in [-0.3, -0.25) is 4.79 Å². The van der Waals surface area contributed by atoms with E-state index in [1.54, 1.807) is 0 Å². The molecule has 0 atom stereocenters. The molecule has 3 heterocycles. The van der Waals surface area contributed by atoms with Crippen LogP contribution in [-0.4, -0.2) is 42.5 Å². The van der Waals surface area contributed by atoms with Crippen LogP contribution in [0.25, 0.3) is 5.57 Å². The Balaban J connectivity index is 1.84. The minimum atomic E-state index is 0.267. The average molecular weight is 338 g/mol. The van der Waals surface area contributed by atoms with Gasteiger partial charge in [0.2, 0.25) is 5.91 Å². The van der Waals surface area contributed by atoms with Crippen molar-refractivity contribution in [3.63, 3.8) is 0 Å². The van der Waals surface area contributed by atoms with Gasteiger partial charge in [-0.05, 0) is 38.0 Å². The summed E-state index contributed by atoms with van der Waals surface area (Å²) in [5, 5.41) is 6.46. The van der Waals surface area contributed by atoms with Gasteiger partial charge < -0.3 is 15.5 Å². The molecule has 1 saturated heterocycles. The lowest BCUT2D eigenvalue weighted by Crippen LogP contribution is -2.26. The Morgan fingerprint density at radius 3 is 2.92 bits per heavy atom.